The van der Waals surface area contributed by atoms with E-state index in [1.165, 1.54) is 11.7 Å². The summed E-state index contributed by atoms with van der Waals surface area (Å²) in [6.07, 6.45) is 1.13. The Morgan fingerprint density at radius 3 is 2.63 bits per heavy atom. The first kappa shape index (κ1) is 18.9. The molecule has 140 valence electrons. The standard InChI is InChI=1S/C17H15Cl2N5O3/c1-9-5-14(21-16(25)15-11(17(26)27)7-20-23(15)2)22-24(9)8-10-3-4-12(18)13(19)6-10/h3-7H,8H2,1-2H3,(H,26,27)(H,21,22,25). The minimum atomic E-state index is -1.23. The Hall–Kier alpha value is -2.84. The highest BCUT2D eigenvalue weighted by molar-refractivity contribution is 6.42. The van der Waals surface area contributed by atoms with Crippen molar-refractivity contribution in [3.63, 3.8) is 0 Å². The van der Waals surface area contributed by atoms with E-state index in [2.05, 4.69) is 15.5 Å². The molecule has 0 radical (unpaired) electrons. The summed E-state index contributed by atoms with van der Waals surface area (Å²) in [5, 5.41) is 20.9. The maximum Gasteiger partial charge on any atom is 0.339 e. The van der Waals surface area contributed by atoms with E-state index in [9.17, 15) is 14.7 Å². The van der Waals surface area contributed by atoms with Crippen LogP contribution in [-0.2, 0) is 13.6 Å². The minimum Gasteiger partial charge on any atom is -0.478 e. The van der Waals surface area contributed by atoms with Crippen molar-refractivity contribution in [3.05, 3.63) is 63.0 Å². The smallest absolute Gasteiger partial charge is 0.339 e. The maximum atomic E-state index is 12.5. The molecule has 0 saturated carbocycles. The van der Waals surface area contributed by atoms with E-state index in [1.54, 1.807) is 22.9 Å². The molecule has 1 amide bonds. The molecule has 0 saturated heterocycles. The molecule has 0 unspecified atom stereocenters. The summed E-state index contributed by atoms with van der Waals surface area (Å²) in [5.41, 5.74) is 1.47. The molecule has 1 aromatic carbocycles. The first-order chi connectivity index (χ1) is 12.8. The number of hydrogen-bond donors (Lipinski definition) is 2. The molecule has 0 fully saturated rings. The number of halogens is 2. The number of aromatic carboxylic acids is 1. The first-order valence-corrected chi connectivity index (χ1v) is 8.57. The lowest BCUT2D eigenvalue weighted by molar-refractivity contribution is 0.0692. The summed E-state index contributed by atoms with van der Waals surface area (Å²) in [4.78, 5) is 23.7. The fourth-order valence-electron chi connectivity index (χ4n) is 2.58. The normalized spacial score (nSPS) is 10.8. The lowest BCUT2D eigenvalue weighted by Gasteiger charge is -2.06. The third-order valence-corrected chi connectivity index (χ3v) is 4.66. The molecule has 0 spiro atoms. The molecule has 2 N–H and O–H groups in total. The second-order valence-electron chi connectivity index (χ2n) is 5.87. The molecular weight excluding hydrogens is 393 g/mol. The maximum absolute atomic E-state index is 12.5. The molecule has 0 atom stereocenters. The quantitative estimate of drug-likeness (QED) is 0.675. The van der Waals surface area contributed by atoms with Crippen LogP contribution in [0.3, 0.4) is 0 Å². The number of aromatic nitrogens is 4. The lowest BCUT2D eigenvalue weighted by atomic mass is 10.2. The van der Waals surface area contributed by atoms with Crippen LogP contribution in [0.25, 0.3) is 0 Å². The van der Waals surface area contributed by atoms with Gasteiger partial charge in [0.15, 0.2) is 5.82 Å². The van der Waals surface area contributed by atoms with Crippen LogP contribution in [0.4, 0.5) is 5.82 Å². The number of hydrogen-bond acceptors (Lipinski definition) is 4. The van der Waals surface area contributed by atoms with E-state index >= 15 is 0 Å². The molecule has 10 heteroatoms. The monoisotopic (exact) mass is 407 g/mol. The molecular formula is C17H15Cl2N5O3. The molecule has 27 heavy (non-hydrogen) atoms. The van der Waals surface area contributed by atoms with Gasteiger partial charge in [-0.1, -0.05) is 29.3 Å². The van der Waals surface area contributed by atoms with Crippen LogP contribution in [0.2, 0.25) is 10.0 Å². The summed E-state index contributed by atoms with van der Waals surface area (Å²) in [5.74, 6) is -1.53. The summed E-state index contributed by atoms with van der Waals surface area (Å²) >= 11 is 12.0. The Balaban J connectivity index is 1.80. The van der Waals surface area contributed by atoms with Crippen LogP contribution < -0.4 is 5.32 Å². The van der Waals surface area contributed by atoms with Crippen LogP contribution in [0.1, 0.15) is 32.1 Å². The Morgan fingerprint density at radius 1 is 1.22 bits per heavy atom. The van der Waals surface area contributed by atoms with Crippen molar-refractivity contribution in [3.8, 4) is 0 Å². The molecule has 2 aromatic heterocycles. The van der Waals surface area contributed by atoms with Gasteiger partial charge in [0, 0.05) is 18.8 Å². The molecule has 0 aliphatic heterocycles. The molecule has 0 bridgehead atoms. The second-order valence-corrected chi connectivity index (χ2v) is 6.68. The van der Waals surface area contributed by atoms with Gasteiger partial charge >= 0.3 is 5.97 Å². The summed E-state index contributed by atoms with van der Waals surface area (Å²) in [6.45, 7) is 2.28. The highest BCUT2D eigenvalue weighted by Gasteiger charge is 2.22. The zero-order chi connectivity index (χ0) is 19.7. The molecule has 0 aliphatic carbocycles. The van der Waals surface area contributed by atoms with Gasteiger partial charge in [0.2, 0.25) is 0 Å². The van der Waals surface area contributed by atoms with E-state index in [0.29, 0.717) is 22.4 Å². The molecule has 3 rings (SSSR count). The Labute approximate surface area is 164 Å². The van der Waals surface area contributed by atoms with Crippen molar-refractivity contribution in [2.45, 2.75) is 13.5 Å². The first-order valence-electron chi connectivity index (χ1n) is 7.81. The van der Waals surface area contributed by atoms with Gasteiger partial charge in [-0.15, -0.1) is 0 Å². The van der Waals surface area contributed by atoms with Crippen LogP contribution in [0.5, 0.6) is 0 Å². The molecule has 8 nitrogen and oxygen atoms in total. The Kier molecular flexibility index (Phi) is 5.20. The zero-order valence-corrected chi connectivity index (χ0v) is 15.9. The number of amides is 1. The predicted molar refractivity (Wildman–Crippen MR) is 101 cm³/mol. The highest BCUT2D eigenvalue weighted by Crippen LogP contribution is 2.23. The third kappa shape index (κ3) is 3.96. The molecule has 0 aliphatic rings. The van der Waals surface area contributed by atoms with Gasteiger partial charge in [-0.3, -0.25) is 14.2 Å². The number of carbonyl (C=O) groups excluding carboxylic acids is 1. The van der Waals surface area contributed by atoms with Crippen LogP contribution in [0.15, 0.2) is 30.5 Å². The van der Waals surface area contributed by atoms with E-state index in [0.717, 1.165) is 17.5 Å². The topological polar surface area (TPSA) is 102 Å². The van der Waals surface area contributed by atoms with Gasteiger partial charge < -0.3 is 10.4 Å². The number of aryl methyl sites for hydroxylation is 2. The largest absolute Gasteiger partial charge is 0.478 e. The van der Waals surface area contributed by atoms with E-state index in [4.69, 9.17) is 23.2 Å². The summed E-state index contributed by atoms with van der Waals surface area (Å²) < 4.78 is 2.90. The van der Waals surface area contributed by atoms with Crippen molar-refractivity contribution < 1.29 is 14.7 Å². The zero-order valence-electron chi connectivity index (χ0n) is 14.4. The van der Waals surface area contributed by atoms with Crippen molar-refractivity contribution >= 4 is 40.9 Å². The average Bonchev–Trinajstić information content (AvgIpc) is 3.14. The predicted octanol–water partition coefficient (Wildman–Crippen LogP) is 3.23. The number of anilines is 1. The molecule has 3 aromatic rings. The SMILES string of the molecule is Cc1cc(NC(=O)c2c(C(=O)O)cnn2C)nn1Cc1ccc(Cl)c(Cl)c1. The van der Waals surface area contributed by atoms with Crippen LogP contribution in [0, 0.1) is 6.92 Å². The number of nitrogens with one attached hydrogen (secondary N) is 1. The third-order valence-electron chi connectivity index (χ3n) is 3.92. The number of carboxylic acid groups (broad SMARTS) is 1. The van der Waals surface area contributed by atoms with Crippen molar-refractivity contribution in [1.82, 2.24) is 19.6 Å². The Morgan fingerprint density at radius 2 is 1.96 bits per heavy atom. The van der Waals surface area contributed by atoms with Gasteiger partial charge in [-0.25, -0.2) is 4.79 Å². The summed E-state index contributed by atoms with van der Waals surface area (Å²) in [7, 11) is 1.50. The van der Waals surface area contributed by atoms with Crippen molar-refractivity contribution in [2.75, 3.05) is 5.32 Å². The fourth-order valence-corrected chi connectivity index (χ4v) is 2.90. The van der Waals surface area contributed by atoms with Gasteiger partial charge in [0.25, 0.3) is 5.91 Å². The van der Waals surface area contributed by atoms with Gasteiger partial charge in [0.1, 0.15) is 11.3 Å². The minimum absolute atomic E-state index is 0.0563. The van der Waals surface area contributed by atoms with Crippen molar-refractivity contribution in [1.29, 1.82) is 0 Å². The van der Waals surface area contributed by atoms with E-state index < -0.39 is 11.9 Å². The average molecular weight is 408 g/mol. The highest BCUT2D eigenvalue weighted by atomic mass is 35.5. The van der Waals surface area contributed by atoms with Crippen LogP contribution in [-0.4, -0.2) is 36.5 Å². The van der Waals surface area contributed by atoms with Gasteiger partial charge in [-0.2, -0.15) is 10.2 Å². The number of carboxylic acids is 1. The van der Waals surface area contributed by atoms with Crippen LogP contribution >= 0.6 is 23.2 Å². The number of rotatable bonds is 5. The number of carbonyl (C=O) groups is 2. The van der Waals surface area contributed by atoms with E-state index in [-0.39, 0.29) is 11.3 Å². The fraction of sp³-hybridized carbons (Fsp3) is 0.176. The van der Waals surface area contributed by atoms with E-state index in [1.807, 2.05) is 13.0 Å². The van der Waals surface area contributed by atoms with Gasteiger partial charge in [0.05, 0.1) is 22.8 Å². The lowest BCUT2D eigenvalue weighted by Crippen LogP contribution is -2.19. The number of nitrogens with zero attached hydrogens (tertiary/aromatic N) is 4. The van der Waals surface area contributed by atoms with Crippen molar-refractivity contribution in [2.24, 2.45) is 7.05 Å². The Bertz CT molecular complexity index is 1040. The van der Waals surface area contributed by atoms with Gasteiger partial charge in [-0.05, 0) is 24.6 Å². The molecule has 2 heterocycles. The summed E-state index contributed by atoms with van der Waals surface area (Å²) in [6, 6.07) is 6.98. The second kappa shape index (κ2) is 7.42. The number of benzene rings is 1.